The summed E-state index contributed by atoms with van der Waals surface area (Å²) in [5, 5.41) is 6.17. The van der Waals surface area contributed by atoms with E-state index in [0.29, 0.717) is 19.7 Å². The van der Waals surface area contributed by atoms with Crippen LogP contribution in [0.4, 0.5) is 0 Å². The summed E-state index contributed by atoms with van der Waals surface area (Å²) in [5.41, 5.74) is 5.74. The number of fused-ring (bicyclic) bond motifs is 1. The molecule has 9 heteroatoms. The molecular formula is C22H37N5O4. The van der Waals surface area contributed by atoms with E-state index in [4.69, 9.17) is 10.5 Å². The van der Waals surface area contributed by atoms with Crippen molar-refractivity contribution in [3.05, 3.63) is 0 Å². The molecule has 0 radical (unpaired) electrons. The Labute approximate surface area is 184 Å². The van der Waals surface area contributed by atoms with Crippen molar-refractivity contribution in [1.29, 1.82) is 0 Å². The van der Waals surface area contributed by atoms with Crippen molar-refractivity contribution in [3.8, 4) is 0 Å². The molecule has 4 rings (SSSR count). The first-order chi connectivity index (χ1) is 15.0. The molecule has 0 bridgehead atoms. The van der Waals surface area contributed by atoms with Crippen molar-refractivity contribution in [2.45, 2.75) is 82.1 Å². The van der Waals surface area contributed by atoms with Gasteiger partial charge in [-0.2, -0.15) is 0 Å². The number of carbonyl (C=O) groups is 3. The first-order valence-electron chi connectivity index (χ1n) is 12.0. The van der Waals surface area contributed by atoms with Crippen LogP contribution in [0.25, 0.3) is 0 Å². The number of carbonyl (C=O) groups excluding carboxylic acids is 3. The Bertz CT molecular complexity index is 679. The number of nitrogens with one attached hydrogen (secondary N) is 2. The van der Waals surface area contributed by atoms with Gasteiger partial charge in [-0.3, -0.25) is 19.3 Å². The molecule has 174 valence electrons. The van der Waals surface area contributed by atoms with Crippen LogP contribution < -0.4 is 16.4 Å². The minimum absolute atomic E-state index is 0.108. The Morgan fingerprint density at radius 1 is 1.13 bits per heavy atom. The number of hydrogen-bond acceptors (Lipinski definition) is 6. The molecule has 0 spiro atoms. The van der Waals surface area contributed by atoms with Crippen LogP contribution in [0.3, 0.4) is 0 Å². The lowest BCUT2D eigenvalue weighted by Gasteiger charge is -2.44. The third-order valence-corrected chi connectivity index (χ3v) is 7.52. The number of amides is 3. The zero-order valence-electron chi connectivity index (χ0n) is 18.6. The maximum absolute atomic E-state index is 13.8. The van der Waals surface area contributed by atoms with E-state index in [1.54, 1.807) is 4.90 Å². The molecule has 3 amide bonds. The molecule has 4 aliphatic rings. The largest absolute Gasteiger partial charge is 0.377 e. The highest BCUT2D eigenvalue weighted by Gasteiger charge is 2.46. The highest BCUT2D eigenvalue weighted by molar-refractivity contribution is 5.93. The van der Waals surface area contributed by atoms with Gasteiger partial charge in [-0.05, 0) is 45.1 Å². The lowest BCUT2D eigenvalue weighted by Crippen LogP contribution is -2.66. The van der Waals surface area contributed by atoms with Crippen LogP contribution in [0.5, 0.6) is 0 Å². The number of ether oxygens (including phenoxy) is 1. The normalized spacial score (nSPS) is 32.7. The predicted molar refractivity (Wildman–Crippen MR) is 115 cm³/mol. The molecule has 3 saturated heterocycles. The van der Waals surface area contributed by atoms with Gasteiger partial charge in [0.2, 0.25) is 17.7 Å². The average molecular weight is 436 g/mol. The van der Waals surface area contributed by atoms with E-state index in [2.05, 4.69) is 15.5 Å². The minimum Gasteiger partial charge on any atom is -0.377 e. The quantitative estimate of drug-likeness (QED) is 0.501. The fourth-order valence-electron chi connectivity index (χ4n) is 5.66. The fraction of sp³-hybridized carbons (Fsp3) is 0.864. The lowest BCUT2D eigenvalue weighted by atomic mass is 9.82. The topological polar surface area (TPSA) is 117 Å². The molecule has 1 aliphatic carbocycles. The Kier molecular flexibility index (Phi) is 7.13. The van der Waals surface area contributed by atoms with Gasteiger partial charge in [-0.15, -0.1) is 0 Å². The van der Waals surface area contributed by atoms with E-state index in [1.165, 1.54) is 6.42 Å². The summed E-state index contributed by atoms with van der Waals surface area (Å²) < 4.78 is 5.80. The molecule has 1 saturated carbocycles. The molecular weight excluding hydrogens is 398 g/mol. The van der Waals surface area contributed by atoms with Gasteiger partial charge in [0, 0.05) is 32.3 Å². The SMILES string of the molecule is CCOC1CC2CN(C(=O)C(NC(=O)[C@@H]3CCN3)C3CCCCC3)C(C(N)=O)CN2C1. The van der Waals surface area contributed by atoms with Crippen LogP contribution in [0, 0.1) is 5.92 Å². The summed E-state index contributed by atoms with van der Waals surface area (Å²) in [6, 6.07) is -1.32. The van der Waals surface area contributed by atoms with Crippen LogP contribution in [-0.4, -0.2) is 90.6 Å². The molecule has 4 fully saturated rings. The first-order valence-corrected chi connectivity index (χ1v) is 12.0. The van der Waals surface area contributed by atoms with Crippen molar-refractivity contribution in [2.75, 3.05) is 32.8 Å². The van der Waals surface area contributed by atoms with Crippen molar-refractivity contribution >= 4 is 17.7 Å². The van der Waals surface area contributed by atoms with Crippen LogP contribution >= 0.6 is 0 Å². The van der Waals surface area contributed by atoms with Gasteiger partial charge in [0.05, 0.1) is 12.1 Å². The number of nitrogens with two attached hydrogens (primary N) is 1. The van der Waals surface area contributed by atoms with Gasteiger partial charge in [0.25, 0.3) is 0 Å². The zero-order valence-corrected chi connectivity index (χ0v) is 18.6. The molecule has 3 aliphatic heterocycles. The Morgan fingerprint density at radius 2 is 1.87 bits per heavy atom. The van der Waals surface area contributed by atoms with Crippen LogP contribution in [-0.2, 0) is 19.1 Å². The molecule has 0 aromatic heterocycles. The van der Waals surface area contributed by atoms with E-state index in [0.717, 1.165) is 51.6 Å². The van der Waals surface area contributed by atoms with Gasteiger partial charge >= 0.3 is 0 Å². The lowest BCUT2D eigenvalue weighted by molar-refractivity contribution is -0.148. The monoisotopic (exact) mass is 435 g/mol. The molecule has 9 nitrogen and oxygen atoms in total. The minimum atomic E-state index is -0.672. The molecule has 0 aromatic rings. The molecule has 3 heterocycles. The third kappa shape index (κ3) is 4.88. The van der Waals surface area contributed by atoms with Crippen molar-refractivity contribution < 1.29 is 19.1 Å². The standard InChI is InChI=1S/C22H37N5O4/c1-2-31-16-10-15-11-27(18(20(23)28)13-26(15)12-16)22(30)19(14-6-4-3-5-7-14)25-21(29)17-8-9-24-17/h14-19,24H,2-13H2,1H3,(H2,23,28)(H,25,29)/t15?,16?,17-,18?,19?/m0/s1. The highest BCUT2D eigenvalue weighted by Crippen LogP contribution is 2.31. The number of hydrogen-bond donors (Lipinski definition) is 3. The summed E-state index contributed by atoms with van der Waals surface area (Å²) in [6.07, 6.45) is 6.90. The van der Waals surface area contributed by atoms with Crippen LogP contribution in [0.15, 0.2) is 0 Å². The predicted octanol–water partition coefficient (Wildman–Crippen LogP) is -0.411. The Balaban J connectivity index is 1.51. The van der Waals surface area contributed by atoms with E-state index in [1.807, 2.05) is 6.92 Å². The van der Waals surface area contributed by atoms with E-state index >= 15 is 0 Å². The van der Waals surface area contributed by atoms with Crippen molar-refractivity contribution in [1.82, 2.24) is 20.4 Å². The second-order valence-corrected chi connectivity index (χ2v) is 9.51. The maximum Gasteiger partial charge on any atom is 0.246 e. The van der Waals surface area contributed by atoms with Gasteiger partial charge in [0.1, 0.15) is 12.1 Å². The Hall–Kier alpha value is -1.71. The van der Waals surface area contributed by atoms with Crippen LogP contribution in [0.2, 0.25) is 0 Å². The van der Waals surface area contributed by atoms with E-state index in [9.17, 15) is 14.4 Å². The second kappa shape index (κ2) is 9.83. The van der Waals surface area contributed by atoms with E-state index in [-0.39, 0.29) is 35.9 Å². The molecule has 0 aromatic carbocycles. The number of piperazine rings is 1. The first kappa shape index (κ1) is 22.5. The summed E-state index contributed by atoms with van der Waals surface area (Å²) in [6.45, 7) is 5.11. The summed E-state index contributed by atoms with van der Waals surface area (Å²) >= 11 is 0. The zero-order chi connectivity index (χ0) is 22.0. The second-order valence-electron chi connectivity index (χ2n) is 9.51. The Morgan fingerprint density at radius 3 is 2.48 bits per heavy atom. The number of primary amides is 1. The van der Waals surface area contributed by atoms with Gasteiger partial charge in [-0.1, -0.05) is 19.3 Å². The highest BCUT2D eigenvalue weighted by atomic mass is 16.5. The number of nitrogens with zero attached hydrogens (tertiary/aromatic N) is 2. The van der Waals surface area contributed by atoms with Gasteiger partial charge < -0.3 is 26.0 Å². The third-order valence-electron chi connectivity index (χ3n) is 7.52. The van der Waals surface area contributed by atoms with Crippen LogP contribution in [0.1, 0.15) is 51.9 Å². The van der Waals surface area contributed by atoms with E-state index < -0.39 is 18.0 Å². The smallest absolute Gasteiger partial charge is 0.246 e. The fourth-order valence-corrected chi connectivity index (χ4v) is 5.66. The maximum atomic E-state index is 13.8. The van der Waals surface area contributed by atoms with Crippen molar-refractivity contribution in [3.63, 3.8) is 0 Å². The average Bonchev–Trinajstić information content (AvgIpc) is 3.11. The molecule has 5 atom stereocenters. The van der Waals surface area contributed by atoms with Gasteiger partial charge in [0.15, 0.2) is 0 Å². The van der Waals surface area contributed by atoms with Crippen molar-refractivity contribution in [2.24, 2.45) is 11.7 Å². The molecule has 4 N–H and O–H groups in total. The summed E-state index contributed by atoms with van der Waals surface area (Å²) in [5.74, 6) is -0.637. The van der Waals surface area contributed by atoms with Gasteiger partial charge in [-0.25, -0.2) is 0 Å². The number of rotatable bonds is 7. The summed E-state index contributed by atoms with van der Waals surface area (Å²) in [4.78, 5) is 42.7. The molecule has 31 heavy (non-hydrogen) atoms. The molecule has 4 unspecified atom stereocenters. The summed E-state index contributed by atoms with van der Waals surface area (Å²) in [7, 11) is 0.